The Morgan fingerprint density at radius 1 is 1.25 bits per heavy atom. The number of hydrogen-bond donors (Lipinski definition) is 1. The molecule has 2 atom stereocenters. The smallest absolute Gasteiger partial charge is 0.238 e. The van der Waals surface area contributed by atoms with Gasteiger partial charge in [-0.05, 0) is 18.4 Å². The van der Waals surface area contributed by atoms with Gasteiger partial charge in [-0.25, -0.2) is 0 Å². The molecular weight excluding hydrogens is 222 g/mol. The molecule has 1 amide bonds. The molecule has 0 aromatic heterocycles. The molecule has 1 aromatic carbocycles. The predicted octanol–water partition coefficient (Wildman–Crippen LogP) is 3.27. The van der Waals surface area contributed by atoms with Gasteiger partial charge in [0.15, 0.2) is 0 Å². The zero-order valence-corrected chi connectivity index (χ0v) is 10.5. The molecule has 1 aromatic rings. The Kier molecular flexibility index (Phi) is 5.33. The van der Waals surface area contributed by atoms with Gasteiger partial charge >= 0.3 is 0 Å². The lowest BCUT2D eigenvalue weighted by atomic mass is 10.0. The second kappa shape index (κ2) is 6.54. The molecule has 0 aliphatic heterocycles. The molecule has 0 saturated heterocycles. The Morgan fingerprint density at radius 3 is 2.38 bits per heavy atom. The predicted molar refractivity (Wildman–Crippen MR) is 67.5 cm³/mol. The minimum Gasteiger partial charge on any atom is -0.348 e. The Hall–Kier alpha value is -1.02. The fourth-order valence-electron chi connectivity index (χ4n) is 1.55. The molecule has 16 heavy (non-hydrogen) atoms. The summed E-state index contributed by atoms with van der Waals surface area (Å²) in [6, 6.07) is 10.0. The minimum atomic E-state index is -0.433. The molecule has 0 aliphatic carbocycles. The van der Waals surface area contributed by atoms with Crippen LogP contribution in [-0.4, -0.2) is 11.3 Å². The highest BCUT2D eigenvalue weighted by Gasteiger charge is 2.17. The lowest BCUT2D eigenvalue weighted by Gasteiger charge is -2.18. The summed E-state index contributed by atoms with van der Waals surface area (Å²) in [5.74, 6) is -0.0835. The molecule has 0 heterocycles. The third kappa shape index (κ3) is 3.53. The fourth-order valence-corrected chi connectivity index (χ4v) is 1.62. The second-order valence-electron chi connectivity index (χ2n) is 3.76. The monoisotopic (exact) mass is 239 g/mol. The van der Waals surface area contributed by atoms with Gasteiger partial charge < -0.3 is 5.32 Å². The highest BCUT2D eigenvalue weighted by atomic mass is 35.5. The summed E-state index contributed by atoms with van der Waals surface area (Å²) in [7, 11) is 0. The standard InChI is InChI=1S/C13H18ClNO/c1-3-11(14)13(16)15-12(4-2)10-8-6-5-7-9-10/h5-9,11-12H,3-4H2,1-2H3,(H,15,16)/t11-,12?/m1/s1. The molecular formula is C13H18ClNO. The summed E-state index contributed by atoms with van der Waals surface area (Å²) in [4.78, 5) is 11.7. The van der Waals surface area contributed by atoms with Crippen molar-refractivity contribution in [2.24, 2.45) is 0 Å². The maximum absolute atomic E-state index is 11.7. The van der Waals surface area contributed by atoms with Crippen LogP contribution in [0.5, 0.6) is 0 Å². The number of rotatable bonds is 5. The largest absolute Gasteiger partial charge is 0.348 e. The zero-order valence-electron chi connectivity index (χ0n) is 9.74. The SMILES string of the molecule is CCC(NC(=O)[C@H](Cl)CC)c1ccccc1. The highest BCUT2D eigenvalue weighted by molar-refractivity contribution is 6.30. The Bertz CT molecular complexity index is 326. The molecule has 3 heteroatoms. The quantitative estimate of drug-likeness (QED) is 0.785. The molecule has 1 unspecified atom stereocenters. The summed E-state index contributed by atoms with van der Waals surface area (Å²) < 4.78 is 0. The average molecular weight is 240 g/mol. The van der Waals surface area contributed by atoms with Crippen LogP contribution >= 0.6 is 11.6 Å². The fraction of sp³-hybridized carbons (Fsp3) is 0.462. The normalized spacial score (nSPS) is 14.2. The summed E-state index contributed by atoms with van der Waals surface area (Å²) in [6.45, 7) is 3.95. The summed E-state index contributed by atoms with van der Waals surface area (Å²) in [5.41, 5.74) is 1.12. The molecule has 0 aliphatic rings. The van der Waals surface area contributed by atoms with Gasteiger partial charge in [0.2, 0.25) is 5.91 Å². The first-order valence-corrected chi connectivity index (χ1v) is 6.12. The Balaban J connectivity index is 2.66. The number of alkyl halides is 1. The average Bonchev–Trinajstić information content (AvgIpc) is 2.35. The number of nitrogens with one attached hydrogen (secondary N) is 1. The molecule has 1 N–H and O–H groups in total. The van der Waals surface area contributed by atoms with Crippen LogP contribution in [0.3, 0.4) is 0 Å². The van der Waals surface area contributed by atoms with E-state index >= 15 is 0 Å². The van der Waals surface area contributed by atoms with E-state index in [2.05, 4.69) is 5.32 Å². The van der Waals surface area contributed by atoms with E-state index in [1.165, 1.54) is 0 Å². The number of amides is 1. The molecule has 1 rings (SSSR count). The van der Waals surface area contributed by atoms with Gasteiger partial charge in [-0.2, -0.15) is 0 Å². The van der Waals surface area contributed by atoms with E-state index < -0.39 is 5.38 Å². The van der Waals surface area contributed by atoms with Crippen molar-refractivity contribution in [3.05, 3.63) is 35.9 Å². The van der Waals surface area contributed by atoms with Crippen LogP contribution in [0.15, 0.2) is 30.3 Å². The molecule has 88 valence electrons. The van der Waals surface area contributed by atoms with Gasteiger partial charge in [-0.3, -0.25) is 4.79 Å². The zero-order chi connectivity index (χ0) is 12.0. The number of halogens is 1. The second-order valence-corrected chi connectivity index (χ2v) is 4.28. The van der Waals surface area contributed by atoms with Crippen LogP contribution in [-0.2, 0) is 4.79 Å². The van der Waals surface area contributed by atoms with Crippen molar-refractivity contribution in [1.82, 2.24) is 5.32 Å². The molecule has 0 spiro atoms. The van der Waals surface area contributed by atoms with Gasteiger partial charge in [-0.15, -0.1) is 11.6 Å². The number of carbonyl (C=O) groups is 1. The van der Waals surface area contributed by atoms with Crippen LogP contribution < -0.4 is 5.32 Å². The van der Waals surface area contributed by atoms with Crippen LogP contribution in [0.1, 0.15) is 38.3 Å². The highest BCUT2D eigenvalue weighted by Crippen LogP contribution is 2.16. The summed E-state index contributed by atoms with van der Waals surface area (Å²) in [6.07, 6.45) is 1.52. The maximum Gasteiger partial charge on any atom is 0.238 e. The van der Waals surface area contributed by atoms with Crippen molar-refractivity contribution in [2.75, 3.05) is 0 Å². The Labute approximate surface area is 102 Å². The molecule has 0 saturated carbocycles. The van der Waals surface area contributed by atoms with Gasteiger partial charge in [0.25, 0.3) is 0 Å². The maximum atomic E-state index is 11.7. The minimum absolute atomic E-state index is 0.0569. The van der Waals surface area contributed by atoms with Crippen molar-refractivity contribution in [3.8, 4) is 0 Å². The number of hydrogen-bond acceptors (Lipinski definition) is 1. The first-order valence-electron chi connectivity index (χ1n) is 5.68. The summed E-state index contributed by atoms with van der Waals surface area (Å²) in [5, 5.41) is 2.53. The molecule has 0 bridgehead atoms. The van der Waals surface area contributed by atoms with E-state index in [1.807, 2.05) is 44.2 Å². The van der Waals surface area contributed by atoms with E-state index in [0.29, 0.717) is 6.42 Å². The Morgan fingerprint density at radius 2 is 1.88 bits per heavy atom. The van der Waals surface area contributed by atoms with Crippen LogP contribution in [0.2, 0.25) is 0 Å². The van der Waals surface area contributed by atoms with E-state index in [4.69, 9.17) is 11.6 Å². The first kappa shape index (κ1) is 13.0. The first-order chi connectivity index (χ1) is 7.69. The van der Waals surface area contributed by atoms with Crippen molar-refractivity contribution in [3.63, 3.8) is 0 Å². The molecule has 0 radical (unpaired) electrons. The molecule has 0 fully saturated rings. The van der Waals surface area contributed by atoms with Gasteiger partial charge in [-0.1, -0.05) is 44.2 Å². The van der Waals surface area contributed by atoms with Gasteiger partial charge in [0.1, 0.15) is 5.38 Å². The summed E-state index contributed by atoms with van der Waals surface area (Å²) >= 11 is 5.89. The third-order valence-corrected chi connectivity index (χ3v) is 3.08. The lowest BCUT2D eigenvalue weighted by molar-refractivity contribution is -0.121. The topological polar surface area (TPSA) is 29.1 Å². The number of benzene rings is 1. The van der Waals surface area contributed by atoms with Gasteiger partial charge in [0, 0.05) is 0 Å². The van der Waals surface area contributed by atoms with Crippen molar-refractivity contribution >= 4 is 17.5 Å². The van der Waals surface area contributed by atoms with Crippen molar-refractivity contribution in [1.29, 1.82) is 0 Å². The van der Waals surface area contributed by atoms with E-state index in [1.54, 1.807) is 0 Å². The van der Waals surface area contributed by atoms with Crippen molar-refractivity contribution in [2.45, 2.75) is 38.1 Å². The third-order valence-electron chi connectivity index (χ3n) is 2.57. The van der Waals surface area contributed by atoms with Crippen LogP contribution in [0.4, 0.5) is 0 Å². The lowest BCUT2D eigenvalue weighted by Crippen LogP contribution is -2.34. The van der Waals surface area contributed by atoms with Gasteiger partial charge in [0.05, 0.1) is 6.04 Å². The van der Waals surface area contributed by atoms with Crippen LogP contribution in [0.25, 0.3) is 0 Å². The number of carbonyl (C=O) groups excluding carboxylic acids is 1. The van der Waals surface area contributed by atoms with E-state index in [-0.39, 0.29) is 11.9 Å². The van der Waals surface area contributed by atoms with E-state index in [9.17, 15) is 4.79 Å². The van der Waals surface area contributed by atoms with Crippen LogP contribution in [0, 0.1) is 0 Å². The van der Waals surface area contributed by atoms with Crippen molar-refractivity contribution < 1.29 is 4.79 Å². The van der Waals surface area contributed by atoms with E-state index in [0.717, 1.165) is 12.0 Å². The molecule has 2 nitrogen and oxygen atoms in total.